The molecule has 0 aromatic heterocycles. The van der Waals surface area contributed by atoms with Gasteiger partial charge in [0.2, 0.25) is 5.91 Å². The topological polar surface area (TPSA) is 79.5 Å². The second-order valence-electron chi connectivity index (χ2n) is 5.35. The van der Waals surface area contributed by atoms with Gasteiger partial charge in [-0.05, 0) is 48.8 Å². The van der Waals surface area contributed by atoms with E-state index in [0.717, 1.165) is 5.56 Å². The molecule has 8 heteroatoms. The Kier molecular flexibility index (Phi) is 7.77. The van der Waals surface area contributed by atoms with Gasteiger partial charge in [-0.3, -0.25) is 20.4 Å². The van der Waals surface area contributed by atoms with Crippen molar-refractivity contribution in [3.63, 3.8) is 0 Å². The highest BCUT2D eigenvalue weighted by molar-refractivity contribution is 7.80. The molecule has 23 heavy (non-hydrogen) atoms. The highest BCUT2D eigenvalue weighted by Gasteiger charge is 2.08. The Morgan fingerprint density at radius 2 is 1.96 bits per heavy atom. The average molecular weight is 358 g/mol. The van der Waals surface area contributed by atoms with Crippen molar-refractivity contribution in [2.75, 3.05) is 6.61 Å². The molecule has 0 unspecified atom stereocenters. The minimum Gasteiger partial charge on any atom is -0.484 e. The second kappa shape index (κ2) is 9.32. The third-order valence-corrected chi connectivity index (χ3v) is 3.29. The van der Waals surface area contributed by atoms with E-state index < -0.39 is 5.91 Å². The molecular weight excluding hydrogens is 338 g/mol. The number of rotatable bonds is 5. The fourth-order valence-electron chi connectivity index (χ4n) is 1.60. The molecule has 0 fully saturated rings. The Morgan fingerprint density at radius 1 is 1.26 bits per heavy atom. The summed E-state index contributed by atoms with van der Waals surface area (Å²) in [5.41, 5.74) is 5.64. The summed E-state index contributed by atoms with van der Waals surface area (Å²) in [5, 5.41) is 3.13. The van der Waals surface area contributed by atoms with Crippen LogP contribution in [-0.2, 0) is 9.59 Å². The van der Waals surface area contributed by atoms with Gasteiger partial charge in [-0.25, -0.2) is 0 Å². The number of halogens is 1. The van der Waals surface area contributed by atoms with Gasteiger partial charge in [0, 0.05) is 11.4 Å². The van der Waals surface area contributed by atoms with E-state index in [1.807, 2.05) is 20.8 Å². The summed E-state index contributed by atoms with van der Waals surface area (Å²) >= 11 is 10.8. The maximum Gasteiger partial charge on any atom is 0.276 e. The molecule has 1 aromatic carbocycles. The molecule has 0 saturated carbocycles. The molecular formula is C15H20ClN3O3S. The number of carbonyl (C=O) groups excluding carboxylic acids is 2. The normalized spacial score (nSPS) is 10.1. The molecule has 0 saturated heterocycles. The van der Waals surface area contributed by atoms with Crippen molar-refractivity contribution in [2.24, 2.45) is 5.92 Å². The first-order valence-electron chi connectivity index (χ1n) is 7.05. The van der Waals surface area contributed by atoms with E-state index in [0.29, 0.717) is 17.2 Å². The second-order valence-corrected chi connectivity index (χ2v) is 6.16. The summed E-state index contributed by atoms with van der Waals surface area (Å²) in [6.45, 7) is 5.49. The number of thiocarbonyl (C=S) groups is 1. The van der Waals surface area contributed by atoms with Crippen LogP contribution >= 0.6 is 23.8 Å². The summed E-state index contributed by atoms with van der Waals surface area (Å²) in [4.78, 5) is 23.1. The van der Waals surface area contributed by atoms with Gasteiger partial charge in [0.15, 0.2) is 11.7 Å². The van der Waals surface area contributed by atoms with Crippen LogP contribution in [0.5, 0.6) is 5.75 Å². The molecule has 0 aliphatic heterocycles. The zero-order chi connectivity index (χ0) is 17.4. The number of hydrazine groups is 1. The van der Waals surface area contributed by atoms with Crippen molar-refractivity contribution in [1.29, 1.82) is 0 Å². The van der Waals surface area contributed by atoms with Gasteiger partial charge in [-0.15, -0.1) is 0 Å². The molecule has 6 nitrogen and oxygen atoms in total. The van der Waals surface area contributed by atoms with Gasteiger partial charge in [-0.1, -0.05) is 25.4 Å². The first-order valence-corrected chi connectivity index (χ1v) is 7.84. The van der Waals surface area contributed by atoms with Crippen LogP contribution in [0.1, 0.15) is 25.8 Å². The predicted octanol–water partition coefficient (Wildman–Crippen LogP) is 2.10. The van der Waals surface area contributed by atoms with E-state index in [2.05, 4.69) is 16.2 Å². The Balaban J connectivity index is 2.30. The highest BCUT2D eigenvalue weighted by Crippen LogP contribution is 2.20. The zero-order valence-corrected chi connectivity index (χ0v) is 14.8. The lowest BCUT2D eigenvalue weighted by atomic mass is 10.1. The molecule has 1 aromatic rings. The average Bonchev–Trinajstić information content (AvgIpc) is 2.45. The van der Waals surface area contributed by atoms with Gasteiger partial charge >= 0.3 is 0 Å². The van der Waals surface area contributed by atoms with Crippen LogP contribution in [0.3, 0.4) is 0 Å². The molecule has 0 spiro atoms. The van der Waals surface area contributed by atoms with Gasteiger partial charge in [-0.2, -0.15) is 0 Å². The van der Waals surface area contributed by atoms with Crippen LogP contribution in [0, 0.1) is 12.8 Å². The van der Waals surface area contributed by atoms with Crippen molar-refractivity contribution >= 4 is 40.7 Å². The minimum atomic E-state index is -0.432. The number of ether oxygens (including phenoxy) is 1. The molecule has 0 aliphatic carbocycles. The Labute approximate surface area is 145 Å². The third kappa shape index (κ3) is 7.80. The summed E-state index contributed by atoms with van der Waals surface area (Å²) in [5.74, 6) is 0.121. The Hall–Kier alpha value is -1.86. The first-order chi connectivity index (χ1) is 10.8. The van der Waals surface area contributed by atoms with E-state index in [1.54, 1.807) is 18.2 Å². The van der Waals surface area contributed by atoms with E-state index >= 15 is 0 Å². The molecule has 0 heterocycles. The van der Waals surface area contributed by atoms with Crippen LogP contribution in [0.25, 0.3) is 0 Å². The minimum absolute atomic E-state index is 0.0336. The van der Waals surface area contributed by atoms with Gasteiger partial charge in [0.25, 0.3) is 5.91 Å². The molecule has 2 amide bonds. The van der Waals surface area contributed by atoms with E-state index in [-0.39, 0.29) is 23.5 Å². The van der Waals surface area contributed by atoms with E-state index in [9.17, 15) is 9.59 Å². The van der Waals surface area contributed by atoms with E-state index in [4.69, 9.17) is 28.6 Å². The van der Waals surface area contributed by atoms with Crippen LogP contribution in [0.15, 0.2) is 18.2 Å². The largest absolute Gasteiger partial charge is 0.484 e. The SMILES string of the molecule is Cc1cc(OCC(=O)NNC(=S)NC(=O)CC(C)C)ccc1Cl. The van der Waals surface area contributed by atoms with Crippen molar-refractivity contribution in [2.45, 2.75) is 27.2 Å². The van der Waals surface area contributed by atoms with Crippen LogP contribution in [0.4, 0.5) is 0 Å². The van der Waals surface area contributed by atoms with Crippen LogP contribution in [0.2, 0.25) is 5.02 Å². The van der Waals surface area contributed by atoms with Gasteiger partial charge in [0.1, 0.15) is 5.75 Å². The van der Waals surface area contributed by atoms with Gasteiger partial charge < -0.3 is 10.1 Å². The molecule has 0 aliphatic rings. The molecule has 126 valence electrons. The fraction of sp³-hybridized carbons (Fsp3) is 0.400. The lowest BCUT2D eigenvalue weighted by Gasteiger charge is -2.12. The zero-order valence-electron chi connectivity index (χ0n) is 13.2. The summed E-state index contributed by atoms with van der Waals surface area (Å²) in [6.07, 6.45) is 0.356. The standard InChI is InChI=1S/C15H20ClN3O3S/c1-9(2)6-13(20)17-15(23)19-18-14(21)8-22-11-4-5-12(16)10(3)7-11/h4-5,7,9H,6,8H2,1-3H3,(H,18,21)(H2,17,19,20,23). The number of aryl methyl sites for hydroxylation is 1. The number of hydrogen-bond acceptors (Lipinski definition) is 4. The van der Waals surface area contributed by atoms with Crippen LogP contribution < -0.4 is 20.9 Å². The van der Waals surface area contributed by atoms with Crippen molar-refractivity contribution in [3.05, 3.63) is 28.8 Å². The quantitative estimate of drug-likeness (QED) is 0.555. The first kappa shape index (κ1) is 19.2. The molecule has 0 atom stereocenters. The summed E-state index contributed by atoms with van der Waals surface area (Å²) < 4.78 is 5.33. The number of amides is 2. The Bertz CT molecular complexity index is 593. The molecule has 1 rings (SSSR count). The van der Waals surface area contributed by atoms with Gasteiger partial charge in [0.05, 0.1) is 0 Å². The number of nitrogens with one attached hydrogen (secondary N) is 3. The lowest BCUT2D eigenvalue weighted by Crippen LogP contribution is -2.49. The number of hydrogen-bond donors (Lipinski definition) is 3. The monoisotopic (exact) mass is 357 g/mol. The summed E-state index contributed by atoms with van der Waals surface area (Å²) in [7, 11) is 0. The molecule has 3 N–H and O–H groups in total. The maximum absolute atomic E-state index is 11.6. The summed E-state index contributed by atoms with van der Waals surface area (Å²) in [6, 6.07) is 5.11. The van der Waals surface area contributed by atoms with Crippen molar-refractivity contribution in [1.82, 2.24) is 16.2 Å². The van der Waals surface area contributed by atoms with Crippen molar-refractivity contribution in [3.8, 4) is 5.75 Å². The fourth-order valence-corrected chi connectivity index (χ4v) is 1.88. The smallest absolute Gasteiger partial charge is 0.276 e. The van der Waals surface area contributed by atoms with Crippen molar-refractivity contribution < 1.29 is 14.3 Å². The lowest BCUT2D eigenvalue weighted by molar-refractivity contribution is -0.124. The molecule has 0 bridgehead atoms. The molecule has 0 radical (unpaired) electrons. The number of benzene rings is 1. The predicted molar refractivity (Wildman–Crippen MR) is 93.2 cm³/mol. The van der Waals surface area contributed by atoms with E-state index in [1.165, 1.54) is 0 Å². The maximum atomic E-state index is 11.6. The third-order valence-electron chi connectivity index (χ3n) is 2.66. The van der Waals surface area contributed by atoms with Crippen LogP contribution in [-0.4, -0.2) is 23.5 Å². The number of carbonyl (C=O) groups is 2. The Morgan fingerprint density at radius 3 is 2.57 bits per heavy atom. The highest BCUT2D eigenvalue weighted by atomic mass is 35.5.